The molecule has 1 N–H and O–H groups in total. The lowest BCUT2D eigenvalue weighted by molar-refractivity contribution is -0.0124. The van der Waals surface area contributed by atoms with Crippen molar-refractivity contribution in [1.29, 1.82) is 0 Å². The van der Waals surface area contributed by atoms with Gasteiger partial charge in [-0.2, -0.15) is 0 Å². The number of hydrogen-bond acceptors (Lipinski definition) is 2. The molecule has 0 aromatic heterocycles. The van der Waals surface area contributed by atoms with Crippen LogP contribution >= 0.6 is 0 Å². The predicted octanol–water partition coefficient (Wildman–Crippen LogP) is 2.91. The summed E-state index contributed by atoms with van der Waals surface area (Å²) in [5.74, 6) is -0.149. The third kappa shape index (κ3) is 3.30. The molecule has 0 atom stereocenters. The van der Waals surface area contributed by atoms with Crippen LogP contribution in [0.25, 0.3) is 0 Å². The number of hydroxylamine groups is 1. The summed E-state index contributed by atoms with van der Waals surface area (Å²) in [5.41, 5.74) is 5.41. The van der Waals surface area contributed by atoms with Gasteiger partial charge in [-0.05, 0) is 38.8 Å². The molecule has 3 heteroatoms. The van der Waals surface area contributed by atoms with E-state index >= 15 is 0 Å². The first kappa shape index (κ1) is 12.1. The van der Waals surface area contributed by atoms with Crippen molar-refractivity contribution in [2.45, 2.75) is 45.6 Å². The summed E-state index contributed by atoms with van der Waals surface area (Å²) in [4.78, 5) is 17.3. The first-order valence-electron chi connectivity index (χ1n) is 6.19. The van der Waals surface area contributed by atoms with Crippen LogP contribution < -0.4 is 5.48 Å². The number of amides is 1. The van der Waals surface area contributed by atoms with Crippen molar-refractivity contribution in [2.75, 3.05) is 0 Å². The minimum absolute atomic E-state index is 0.149. The highest BCUT2D eigenvalue weighted by atomic mass is 16.7. The van der Waals surface area contributed by atoms with E-state index < -0.39 is 0 Å². The Bertz CT molecular complexity index is 388. The van der Waals surface area contributed by atoms with E-state index in [0.717, 1.165) is 24.0 Å². The molecule has 92 valence electrons. The number of benzene rings is 1. The lowest BCUT2D eigenvalue weighted by Gasteiger charge is -2.11. The minimum Gasteiger partial charge on any atom is -0.270 e. The van der Waals surface area contributed by atoms with Crippen molar-refractivity contribution in [2.24, 2.45) is 0 Å². The highest BCUT2D eigenvalue weighted by Gasteiger charge is 2.17. The van der Waals surface area contributed by atoms with E-state index in [2.05, 4.69) is 11.5 Å². The normalized spacial score (nSPS) is 16.1. The molecule has 17 heavy (non-hydrogen) atoms. The van der Waals surface area contributed by atoms with Crippen LogP contribution in [0.2, 0.25) is 0 Å². The average molecular weight is 233 g/mol. The SMILES string of the molecule is Cc1cc(C)cc(C(=O)NOC2CCCC2)c1. The highest BCUT2D eigenvalue weighted by molar-refractivity contribution is 5.93. The molecule has 0 spiro atoms. The Morgan fingerprint density at radius 3 is 2.35 bits per heavy atom. The van der Waals surface area contributed by atoms with Gasteiger partial charge >= 0.3 is 0 Å². The molecule has 0 bridgehead atoms. The van der Waals surface area contributed by atoms with Crippen molar-refractivity contribution < 1.29 is 9.63 Å². The lowest BCUT2D eigenvalue weighted by atomic mass is 10.1. The Hall–Kier alpha value is -1.35. The van der Waals surface area contributed by atoms with Crippen molar-refractivity contribution in [1.82, 2.24) is 5.48 Å². The van der Waals surface area contributed by atoms with Crippen LogP contribution in [-0.2, 0) is 4.84 Å². The fraction of sp³-hybridized carbons (Fsp3) is 0.500. The number of carbonyl (C=O) groups excluding carboxylic acids is 1. The zero-order chi connectivity index (χ0) is 12.3. The fourth-order valence-electron chi connectivity index (χ4n) is 2.31. The van der Waals surface area contributed by atoms with Crippen LogP contribution in [-0.4, -0.2) is 12.0 Å². The molecule has 1 amide bonds. The van der Waals surface area contributed by atoms with Gasteiger partial charge in [0.2, 0.25) is 0 Å². The molecule has 1 aromatic rings. The van der Waals surface area contributed by atoms with E-state index in [1.165, 1.54) is 12.8 Å². The number of rotatable bonds is 3. The Labute approximate surface area is 102 Å². The maximum Gasteiger partial charge on any atom is 0.274 e. The van der Waals surface area contributed by atoms with Gasteiger partial charge in [0.25, 0.3) is 5.91 Å². The van der Waals surface area contributed by atoms with Crippen molar-refractivity contribution >= 4 is 5.91 Å². The number of aryl methyl sites for hydroxylation is 2. The molecule has 1 aliphatic rings. The van der Waals surface area contributed by atoms with Gasteiger partial charge in [-0.1, -0.05) is 30.0 Å². The van der Waals surface area contributed by atoms with Crippen LogP contribution in [0.4, 0.5) is 0 Å². The quantitative estimate of drug-likeness (QED) is 0.815. The topological polar surface area (TPSA) is 38.3 Å². The zero-order valence-electron chi connectivity index (χ0n) is 10.5. The molecular weight excluding hydrogens is 214 g/mol. The molecule has 2 rings (SSSR count). The van der Waals surface area contributed by atoms with Gasteiger partial charge in [-0.3, -0.25) is 9.63 Å². The molecule has 1 aromatic carbocycles. The summed E-state index contributed by atoms with van der Waals surface area (Å²) in [6, 6.07) is 5.80. The zero-order valence-corrected chi connectivity index (χ0v) is 10.5. The van der Waals surface area contributed by atoms with Gasteiger partial charge < -0.3 is 0 Å². The second kappa shape index (κ2) is 5.32. The largest absolute Gasteiger partial charge is 0.274 e. The Morgan fingerprint density at radius 2 is 1.76 bits per heavy atom. The molecule has 0 unspecified atom stereocenters. The first-order chi connectivity index (χ1) is 8.15. The monoisotopic (exact) mass is 233 g/mol. The molecule has 1 saturated carbocycles. The molecule has 0 aliphatic heterocycles. The second-order valence-corrected chi connectivity index (χ2v) is 4.83. The van der Waals surface area contributed by atoms with Crippen LogP contribution in [0.5, 0.6) is 0 Å². The molecule has 1 aliphatic carbocycles. The summed E-state index contributed by atoms with van der Waals surface area (Å²) in [5, 5.41) is 0. The fourth-order valence-corrected chi connectivity index (χ4v) is 2.31. The summed E-state index contributed by atoms with van der Waals surface area (Å²) in [6.45, 7) is 3.98. The van der Waals surface area contributed by atoms with Gasteiger partial charge in [0.1, 0.15) is 0 Å². The molecule has 1 fully saturated rings. The minimum atomic E-state index is -0.149. The Kier molecular flexibility index (Phi) is 3.79. The van der Waals surface area contributed by atoms with E-state index in [0.29, 0.717) is 5.56 Å². The van der Waals surface area contributed by atoms with Crippen molar-refractivity contribution in [3.8, 4) is 0 Å². The highest BCUT2D eigenvalue weighted by Crippen LogP contribution is 2.20. The third-order valence-corrected chi connectivity index (χ3v) is 3.10. The van der Waals surface area contributed by atoms with E-state index in [1.54, 1.807) is 0 Å². The summed E-state index contributed by atoms with van der Waals surface area (Å²) < 4.78 is 0. The maximum absolute atomic E-state index is 11.9. The maximum atomic E-state index is 11.9. The standard InChI is InChI=1S/C14H19NO2/c1-10-7-11(2)9-12(8-10)14(16)15-17-13-5-3-4-6-13/h7-9,13H,3-6H2,1-2H3,(H,15,16). The van der Waals surface area contributed by atoms with Crippen LogP contribution in [0, 0.1) is 13.8 Å². The summed E-state index contributed by atoms with van der Waals surface area (Å²) in [7, 11) is 0. The van der Waals surface area contributed by atoms with Crippen LogP contribution in [0.3, 0.4) is 0 Å². The van der Waals surface area contributed by atoms with E-state index in [9.17, 15) is 4.79 Å². The van der Waals surface area contributed by atoms with Gasteiger partial charge in [0, 0.05) is 5.56 Å². The van der Waals surface area contributed by atoms with Gasteiger partial charge in [0.05, 0.1) is 6.10 Å². The van der Waals surface area contributed by atoms with Gasteiger partial charge in [0.15, 0.2) is 0 Å². The van der Waals surface area contributed by atoms with E-state index in [-0.39, 0.29) is 12.0 Å². The third-order valence-electron chi connectivity index (χ3n) is 3.10. The number of hydrogen-bond donors (Lipinski definition) is 1. The Morgan fingerprint density at radius 1 is 1.18 bits per heavy atom. The van der Waals surface area contributed by atoms with E-state index in [4.69, 9.17) is 4.84 Å². The second-order valence-electron chi connectivity index (χ2n) is 4.83. The molecule has 0 radical (unpaired) electrons. The first-order valence-corrected chi connectivity index (χ1v) is 6.19. The van der Waals surface area contributed by atoms with Gasteiger partial charge in [-0.15, -0.1) is 0 Å². The average Bonchev–Trinajstić information content (AvgIpc) is 2.77. The summed E-state index contributed by atoms with van der Waals surface area (Å²) in [6.07, 6.45) is 4.69. The van der Waals surface area contributed by atoms with Crippen molar-refractivity contribution in [3.63, 3.8) is 0 Å². The van der Waals surface area contributed by atoms with Crippen molar-refractivity contribution in [3.05, 3.63) is 34.9 Å². The smallest absolute Gasteiger partial charge is 0.270 e. The molecular formula is C14H19NO2. The van der Waals surface area contributed by atoms with Crippen LogP contribution in [0.15, 0.2) is 18.2 Å². The van der Waals surface area contributed by atoms with Gasteiger partial charge in [-0.25, -0.2) is 5.48 Å². The summed E-state index contributed by atoms with van der Waals surface area (Å²) >= 11 is 0. The molecule has 0 saturated heterocycles. The van der Waals surface area contributed by atoms with E-state index in [1.807, 2.05) is 26.0 Å². The predicted molar refractivity (Wildman–Crippen MR) is 66.7 cm³/mol. The number of carbonyl (C=O) groups is 1. The number of nitrogens with one attached hydrogen (secondary N) is 1. The molecule has 0 heterocycles. The lowest BCUT2D eigenvalue weighted by Crippen LogP contribution is -2.28. The van der Waals surface area contributed by atoms with Crippen LogP contribution in [0.1, 0.15) is 47.2 Å². The Balaban J connectivity index is 1.94. The molecule has 3 nitrogen and oxygen atoms in total.